The van der Waals surface area contributed by atoms with Crippen LogP contribution in [0.25, 0.3) is 0 Å². The van der Waals surface area contributed by atoms with Crippen molar-refractivity contribution < 1.29 is 4.74 Å². The van der Waals surface area contributed by atoms with Crippen LogP contribution in [-0.4, -0.2) is 18.6 Å². The molecule has 0 radical (unpaired) electrons. The lowest BCUT2D eigenvalue weighted by Gasteiger charge is -2.15. The highest BCUT2D eigenvalue weighted by atomic mass is 35.5. The number of hydrogen-bond donors (Lipinski definition) is 0. The van der Waals surface area contributed by atoms with Crippen molar-refractivity contribution in [2.45, 2.75) is 18.2 Å². The van der Waals surface area contributed by atoms with Crippen LogP contribution in [0.3, 0.4) is 0 Å². The Morgan fingerprint density at radius 2 is 2.07 bits per heavy atom. The minimum atomic E-state index is 0.175. The lowest BCUT2D eigenvalue weighted by Crippen LogP contribution is -2.17. The Kier molecular flexibility index (Phi) is 3.90. The van der Waals surface area contributed by atoms with Gasteiger partial charge in [0.05, 0.1) is 6.61 Å². The third-order valence-corrected chi connectivity index (χ3v) is 3.58. The van der Waals surface area contributed by atoms with Crippen molar-refractivity contribution in [3.8, 4) is 0 Å². The van der Waals surface area contributed by atoms with Crippen LogP contribution in [0, 0.1) is 5.92 Å². The quantitative estimate of drug-likeness (QED) is 0.740. The lowest BCUT2D eigenvalue weighted by molar-refractivity contribution is 0.185. The zero-order valence-corrected chi connectivity index (χ0v) is 9.97. The molecule has 0 N–H and O–H groups in total. The second kappa shape index (κ2) is 5.20. The summed E-state index contributed by atoms with van der Waals surface area (Å²) in [6.07, 6.45) is 1.98. The third kappa shape index (κ3) is 3.10. The first-order chi connectivity index (χ1) is 7.25. The fraction of sp³-hybridized carbons (Fsp3) is 0.500. The van der Waals surface area contributed by atoms with Crippen molar-refractivity contribution >= 4 is 23.2 Å². The summed E-state index contributed by atoms with van der Waals surface area (Å²) in [4.78, 5) is 0. The second-order valence-electron chi connectivity index (χ2n) is 3.97. The lowest BCUT2D eigenvalue weighted by atomic mass is 9.98. The Balaban J connectivity index is 1.92. The molecule has 82 valence electrons. The van der Waals surface area contributed by atoms with Crippen molar-refractivity contribution in [2.24, 2.45) is 5.92 Å². The molecule has 3 heteroatoms. The van der Waals surface area contributed by atoms with E-state index in [-0.39, 0.29) is 5.38 Å². The van der Waals surface area contributed by atoms with Crippen molar-refractivity contribution in [3.05, 3.63) is 34.9 Å². The van der Waals surface area contributed by atoms with Crippen molar-refractivity contribution in [3.63, 3.8) is 0 Å². The second-order valence-corrected chi connectivity index (χ2v) is 4.97. The zero-order chi connectivity index (χ0) is 10.7. The first kappa shape index (κ1) is 11.3. The van der Waals surface area contributed by atoms with Gasteiger partial charge in [-0.05, 0) is 30.5 Å². The zero-order valence-electron chi connectivity index (χ0n) is 8.46. The summed E-state index contributed by atoms with van der Waals surface area (Å²) in [6.45, 7) is 1.66. The molecule has 0 bridgehead atoms. The molecule has 0 aliphatic carbocycles. The number of ether oxygens (including phenoxy) is 1. The van der Waals surface area contributed by atoms with Crippen LogP contribution in [0.4, 0.5) is 0 Å². The summed E-state index contributed by atoms with van der Waals surface area (Å²) in [5.41, 5.74) is 1.24. The Morgan fingerprint density at radius 1 is 1.33 bits per heavy atom. The van der Waals surface area contributed by atoms with Gasteiger partial charge in [0.1, 0.15) is 0 Å². The molecule has 1 fully saturated rings. The van der Waals surface area contributed by atoms with Gasteiger partial charge in [-0.2, -0.15) is 0 Å². The normalized spacial score (nSPS) is 22.9. The van der Waals surface area contributed by atoms with Crippen LogP contribution in [0.5, 0.6) is 0 Å². The van der Waals surface area contributed by atoms with Gasteiger partial charge in [0.15, 0.2) is 0 Å². The van der Waals surface area contributed by atoms with E-state index in [9.17, 15) is 0 Å². The van der Waals surface area contributed by atoms with Crippen LogP contribution >= 0.6 is 23.2 Å². The van der Waals surface area contributed by atoms with E-state index in [0.29, 0.717) is 5.92 Å². The highest BCUT2D eigenvalue weighted by Crippen LogP contribution is 2.24. The van der Waals surface area contributed by atoms with E-state index in [1.807, 2.05) is 24.3 Å². The maximum absolute atomic E-state index is 6.35. The van der Waals surface area contributed by atoms with Gasteiger partial charge in [-0.3, -0.25) is 0 Å². The summed E-state index contributed by atoms with van der Waals surface area (Å²) in [6, 6.07) is 7.89. The molecule has 0 aromatic heterocycles. The fourth-order valence-corrected chi connectivity index (χ4v) is 2.35. The summed E-state index contributed by atoms with van der Waals surface area (Å²) in [5.74, 6) is 0.502. The Labute approximate surface area is 100 Å². The molecule has 1 aromatic carbocycles. The Hall–Kier alpha value is -0.240. The average molecular weight is 245 g/mol. The van der Waals surface area contributed by atoms with Gasteiger partial charge < -0.3 is 4.74 Å². The van der Waals surface area contributed by atoms with Crippen LogP contribution in [0.15, 0.2) is 24.3 Å². The van der Waals surface area contributed by atoms with Crippen molar-refractivity contribution in [1.29, 1.82) is 0 Å². The van der Waals surface area contributed by atoms with Crippen molar-refractivity contribution in [1.82, 2.24) is 0 Å². The van der Waals surface area contributed by atoms with Gasteiger partial charge in [0.25, 0.3) is 0 Å². The molecule has 0 saturated carbocycles. The van der Waals surface area contributed by atoms with Crippen LogP contribution in [0.2, 0.25) is 5.02 Å². The van der Waals surface area contributed by atoms with E-state index in [1.165, 1.54) is 5.56 Å². The summed E-state index contributed by atoms with van der Waals surface area (Å²) < 4.78 is 5.33. The van der Waals surface area contributed by atoms with Gasteiger partial charge in [-0.25, -0.2) is 0 Å². The van der Waals surface area contributed by atoms with Gasteiger partial charge in [0.2, 0.25) is 0 Å². The van der Waals surface area contributed by atoms with E-state index < -0.39 is 0 Å². The summed E-state index contributed by atoms with van der Waals surface area (Å²) in [5, 5.41) is 0.947. The van der Waals surface area contributed by atoms with Crippen molar-refractivity contribution in [2.75, 3.05) is 13.2 Å². The minimum absolute atomic E-state index is 0.175. The first-order valence-electron chi connectivity index (χ1n) is 5.22. The molecule has 0 amide bonds. The van der Waals surface area contributed by atoms with E-state index in [1.54, 1.807) is 0 Å². The number of halogens is 2. The highest BCUT2D eigenvalue weighted by molar-refractivity contribution is 6.30. The Bertz CT molecular complexity index is 304. The molecule has 1 nitrogen and oxygen atoms in total. The standard InChI is InChI=1S/C12H14Cl2O/c13-11-3-1-9(2-4-11)7-12(14)10-5-6-15-8-10/h1-4,10,12H,5-8H2. The van der Waals surface area contributed by atoms with E-state index >= 15 is 0 Å². The number of benzene rings is 1. The topological polar surface area (TPSA) is 9.23 Å². The predicted octanol–water partition coefficient (Wildman–Crippen LogP) is 3.53. The summed E-state index contributed by atoms with van der Waals surface area (Å²) in [7, 11) is 0. The van der Waals surface area contributed by atoms with Gasteiger partial charge in [-0.1, -0.05) is 23.7 Å². The molecule has 2 rings (SSSR count). The molecular formula is C12H14Cl2O. The molecule has 2 unspecified atom stereocenters. The van der Waals surface area contributed by atoms with Crippen LogP contribution < -0.4 is 0 Å². The SMILES string of the molecule is Clc1ccc(CC(Cl)C2CCOC2)cc1. The summed E-state index contributed by atoms with van der Waals surface area (Å²) >= 11 is 12.2. The molecule has 2 atom stereocenters. The molecule has 1 saturated heterocycles. The molecule has 1 heterocycles. The van der Waals surface area contributed by atoms with E-state index in [4.69, 9.17) is 27.9 Å². The molecule has 1 aromatic rings. The maximum atomic E-state index is 6.35. The van der Waals surface area contributed by atoms with Crippen LogP contribution in [0.1, 0.15) is 12.0 Å². The van der Waals surface area contributed by atoms with Gasteiger partial charge >= 0.3 is 0 Å². The fourth-order valence-electron chi connectivity index (χ4n) is 1.85. The number of rotatable bonds is 3. The van der Waals surface area contributed by atoms with E-state index in [0.717, 1.165) is 31.1 Å². The molecule has 0 spiro atoms. The molecular weight excluding hydrogens is 231 g/mol. The Morgan fingerprint density at radius 3 is 2.67 bits per heavy atom. The average Bonchev–Trinajstić information content (AvgIpc) is 2.74. The number of alkyl halides is 1. The highest BCUT2D eigenvalue weighted by Gasteiger charge is 2.23. The van der Waals surface area contributed by atoms with Crippen LogP contribution in [-0.2, 0) is 11.2 Å². The van der Waals surface area contributed by atoms with Gasteiger partial charge in [-0.15, -0.1) is 11.6 Å². The van der Waals surface area contributed by atoms with Gasteiger partial charge in [0, 0.05) is 22.9 Å². The predicted molar refractivity (Wildman–Crippen MR) is 63.7 cm³/mol. The smallest absolute Gasteiger partial charge is 0.0509 e. The number of hydrogen-bond acceptors (Lipinski definition) is 1. The molecule has 1 aliphatic rings. The third-order valence-electron chi connectivity index (χ3n) is 2.82. The monoisotopic (exact) mass is 244 g/mol. The minimum Gasteiger partial charge on any atom is -0.381 e. The van der Waals surface area contributed by atoms with E-state index in [2.05, 4.69) is 0 Å². The largest absolute Gasteiger partial charge is 0.381 e. The maximum Gasteiger partial charge on any atom is 0.0509 e. The first-order valence-corrected chi connectivity index (χ1v) is 6.03. The molecule has 15 heavy (non-hydrogen) atoms. The molecule has 1 aliphatic heterocycles.